The number of fused-ring (bicyclic) bond motifs is 2. The Morgan fingerprint density at radius 3 is 2.72 bits per heavy atom. The summed E-state index contributed by atoms with van der Waals surface area (Å²) in [4.78, 5) is 34.7. The molecule has 0 saturated heterocycles. The number of hydrogen-bond acceptors (Lipinski definition) is 5. The lowest BCUT2D eigenvalue weighted by Crippen LogP contribution is -2.23. The number of aromatic nitrogens is 4. The maximum absolute atomic E-state index is 13.0. The minimum absolute atomic E-state index is 0.0197. The Kier molecular flexibility index (Phi) is 5.49. The lowest BCUT2D eigenvalue weighted by molar-refractivity contribution is 0.557. The molecule has 0 aliphatic carbocycles. The molecule has 4 aromatic rings. The molecular formula is C22H22N4O2S. The van der Waals surface area contributed by atoms with E-state index in [-0.39, 0.29) is 11.1 Å². The number of hydrogen-bond donors (Lipinski definition) is 0. The number of aryl methyl sites for hydroxylation is 1. The van der Waals surface area contributed by atoms with Crippen LogP contribution in [0.25, 0.3) is 16.6 Å². The smallest absolute Gasteiger partial charge is 0.262 e. The van der Waals surface area contributed by atoms with Gasteiger partial charge in [-0.2, -0.15) is 0 Å². The Bertz CT molecular complexity index is 1310. The summed E-state index contributed by atoms with van der Waals surface area (Å²) in [6.45, 7) is 4.70. The zero-order chi connectivity index (χ0) is 20.4. The minimum Gasteiger partial charge on any atom is -0.287 e. The van der Waals surface area contributed by atoms with Gasteiger partial charge in [-0.15, -0.1) is 0 Å². The molecule has 0 N–H and O–H groups in total. The average molecular weight is 407 g/mol. The van der Waals surface area contributed by atoms with Crippen LogP contribution in [0.2, 0.25) is 0 Å². The van der Waals surface area contributed by atoms with Crippen LogP contribution in [0.1, 0.15) is 31.0 Å². The number of rotatable bonds is 6. The molecule has 0 atom stereocenters. The molecule has 0 fully saturated rings. The Morgan fingerprint density at radius 1 is 1.07 bits per heavy atom. The molecule has 4 rings (SSSR count). The predicted molar refractivity (Wildman–Crippen MR) is 117 cm³/mol. The van der Waals surface area contributed by atoms with Gasteiger partial charge in [0.05, 0.1) is 16.6 Å². The van der Waals surface area contributed by atoms with E-state index in [9.17, 15) is 9.59 Å². The average Bonchev–Trinajstić information content (AvgIpc) is 2.71. The van der Waals surface area contributed by atoms with Crippen molar-refractivity contribution in [1.29, 1.82) is 0 Å². The van der Waals surface area contributed by atoms with Crippen molar-refractivity contribution in [2.24, 2.45) is 0 Å². The Labute approximate surface area is 172 Å². The third-order valence-corrected chi connectivity index (χ3v) is 5.80. The monoisotopic (exact) mass is 406 g/mol. The fourth-order valence-corrected chi connectivity index (χ4v) is 4.16. The van der Waals surface area contributed by atoms with E-state index in [1.807, 2.05) is 43.3 Å². The molecule has 1 aromatic carbocycles. The summed E-state index contributed by atoms with van der Waals surface area (Å²) in [6, 6.07) is 12.7. The number of para-hydroxylation sites is 1. The molecule has 148 valence electrons. The number of benzene rings is 1. The van der Waals surface area contributed by atoms with Crippen LogP contribution in [0.15, 0.2) is 63.4 Å². The molecule has 0 spiro atoms. The van der Waals surface area contributed by atoms with E-state index in [4.69, 9.17) is 4.98 Å². The second kappa shape index (κ2) is 8.21. The first-order valence-electron chi connectivity index (χ1n) is 9.68. The van der Waals surface area contributed by atoms with Crippen molar-refractivity contribution in [3.8, 4) is 0 Å². The Morgan fingerprint density at radius 2 is 1.90 bits per heavy atom. The molecule has 0 radical (unpaired) electrons. The van der Waals surface area contributed by atoms with Crippen molar-refractivity contribution in [2.45, 2.75) is 44.1 Å². The summed E-state index contributed by atoms with van der Waals surface area (Å²) in [5.41, 5.74) is 2.91. The number of pyridine rings is 1. The molecular weight excluding hydrogens is 384 g/mol. The van der Waals surface area contributed by atoms with Crippen molar-refractivity contribution < 1.29 is 0 Å². The molecule has 0 saturated carbocycles. The third kappa shape index (κ3) is 3.96. The predicted octanol–water partition coefficient (Wildman–Crippen LogP) is 3.81. The first kappa shape index (κ1) is 19.4. The Hall–Kier alpha value is -2.93. The Balaban J connectivity index is 1.71. The van der Waals surface area contributed by atoms with Crippen LogP contribution < -0.4 is 11.1 Å². The van der Waals surface area contributed by atoms with Crippen LogP contribution in [-0.2, 0) is 12.3 Å². The molecule has 0 amide bonds. The lowest BCUT2D eigenvalue weighted by atomic mass is 10.2. The zero-order valence-corrected chi connectivity index (χ0v) is 17.3. The molecule has 0 bridgehead atoms. The highest BCUT2D eigenvalue weighted by molar-refractivity contribution is 7.98. The van der Waals surface area contributed by atoms with E-state index in [1.54, 1.807) is 16.8 Å². The number of nitrogens with zero attached hydrogens (tertiary/aromatic N) is 4. The standard InChI is InChI=1S/C22H22N4O2S/c1-3-4-10-26-21(28)17-7-5-6-8-18(17)24-22(26)29-14-16-13-20(27)25-11-9-15(2)12-19(25)23-16/h5-9,11-13H,3-4,10,14H2,1-2H3. The summed E-state index contributed by atoms with van der Waals surface area (Å²) >= 11 is 1.44. The van der Waals surface area contributed by atoms with E-state index in [0.717, 1.165) is 18.4 Å². The summed E-state index contributed by atoms with van der Waals surface area (Å²) in [5.74, 6) is 0.469. The van der Waals surface area contributed by atoms with E-state index < -0.39 is 0 Å². The van der Waals surface area contributed by atoms with E-state index >= 15 is 0 Å². The maximum atomic E-state index is 13.0. The highest BCUT2D eigenvalue weighted by Crippen LogP contribution is 2.22. The minimum atomic E-state index is -0.111. The molecule has 0 unspecified atom stereocenters. The fraction of sp³-hybridized carbons (Fsp3) is 0.273. The molecule has 6 nitrogen and oxygen atoms in total. The molecule has 3 heterocycles. The molecule has 7 heteroatoms. The van der Waals surface area contributed by atoms with Crippen LogP contribution in [-0.4, -0.2) is 18.9 Å². The quantitative estimate of drug-likeness (QED) is 0.360. The second-order valence-corrected chi connectivity index (χ2v) is 7.97. The van der Waals surface area contributed by atoms with Crippen LogP contribution in [0.4, 0.5) is 0 Å². The zero-order valence-electron chi connectivity index (χ0n) is 16.5. The topological polar surface area (TPSA) is 69.3 Å². The highest BCUT2D eigenvalue weighted by Gasteiger charge is 2.12. The van der Waals surface area contributed by atoms with Crippen LogP contribution in [0.3, 0.4) is 0 Å². The summed E-state index contributed by atoms with van der Waals surface area (Å²) < 4.78 is 3.28. The SMILES string of the molecule is CCCCn1c(SCc2cc(=O)n3ccc(C)cc3n2)nc2ccccc2c1=O. The fourth-order valence-electron chi connectivity index (χ4n) is 3.24. The van der Waals surface area contributed by atoms with Gasteiger partial charge in [0.2, 0.25) is 0 Å². The maximum Gasteiger partial charge on any atom is 0.262 e. The first-order valence-corrected chi connectivity index (χ1v) is 10.7. The van der Waals surface area contributed by atoms with Gasteiger partial charge < -0.3 is 0 Å². The van der Waals surface area contributed by atoms with Gasteiger partial charge in [-0.3, -0.25) is 18.6 Å². The van der Waals surface area contributed by atoms with Crippen molar-refractivity contribution in [3.63, 3.8) is 0 Å². The van der Waals surface area contributed by atoms with Gasteiger partial charge >= 0.3 is 0 Å². The van der Waals surface area contributed by atoms with Crippen molar-refractivity contribution in [3.05, 3.63) is 80.6 Å². The highest BCUT2D eigenvalue weighted by atomic mass is 32.2. The first-order chi connectivity index (χ1) is 14.1. The molecule has 29 heavy (non-hydrogen) atoms. The molecule has 3 aromatic heterocycles. The van der Waals surface area contributed by atoms with Crippen molar-refractivity contribution in [1.82, 2.24) is 18.9 Å². The van der Waals surface area contributed by atoms with E-state index in [0.29, 0.717) is 39.7 Å². The van der Waals surface area contributed by atoms with Crippen LogP contribution >= 0.6 is 11.8 Å². The summed E-state index contributed by atoms with van der Waals surface area (Å²) in [6.07, 6.45) is 3.64. The van der Waals surface area contributed by atoms with Crippen molar-refractivity contribution >= 4 is 28.3 Å². The van der Waals surface area contributed by atoms with E-state index in [1.165, 1.54) is 16.2 Å². The van der Waals surface area contributed by atoms with Crippen LogP contribution in [0, 0.1) is 6.92 Å². The van der Waals surface area contributed by atoms with Crippen LogP contribution in [0.5, 0.6) is 0 Å². The largest absolute Gasteiger partial charge is 0.287 e. The van der Waals surface area contributed by atoms with Gasteiger partial charge in [0.25, 0.3) is 11.1 Å². The lowest BCUT2D eigenvalue weighted by Gasteiger charge is -2.12. The van der Waals surface area contributed by atoms with Gasteiger partial charge in [-0.1, -0.05) is 37.2 Å². The third-order valence-electron chi connectivity index (χ3n) is 4.79. The van der Waals surface area contributed by atoms with Gasteiger partial charge in [0.1, 0.15) is 5.65 Å². The summed E-state index contributed by atoms with van der Waals surface area (Å²) in [5, 5.41) is 1.29. The number of thioether (sulfide) groups is 1. The second-order valence-electron chi connectivity index (χ2n) is 7.03. The summed E-state index contributed by atoms with van der Waals surface area (Å²) in [7, 11) is 0. The van der Waals surface area contributed by atoms with E-state index in [2.05, 4.69) is 11.9 Å². The van der Waals surface area contributed by atoms with Gasteiger partial charge in [-0.25, -0.2) is 9.97 Å². The van der Waals surface area contributed by atoms with Gasteiger partial charge in [0.15, 0.2) is 5.16 Å². The van der Waals surface area contributed by atoms with Gasteiger partial charge in [0, 0.05) is 24.6 Å². The number of unbranched alkanes of at least 4 members (excludes halogenated alkanes) is 1. The van der Waals surface area contributed by atoms with Crippen molar-refractivity contribution in [2.75, 3.05) is 0 Å². The molecule has 0 aliphatic heterocycles. The normalized spacial score (nSPS) is 11.4. The van der Waals surface area contributed by atoms with Gasteiger partial charge in [-0.05, 0) is 43.2 Å². The molecule has 0 aliphatic rings.